The summed E-state index contributed by atoms with van der Waals surface area (Å²) in [5.41, 5.74) is 0.0324. The highest BCUT2D eigenvalue weighted by atomic mass is 32.2. The van der Waals surface area contributed by atoms with Crippen LogP contribution in [0.3, 0.4) is 0 Å². The molecule has 3 heterocycles. The quantitative estimate of drug-likeness (QED) is 0.267. The van der Waals surface area contributed by atoms with Gasteiger partial charge in [-0.25, -0.2) is 4.90 Å². The van der Waals surface area contributed by atoms with Crippen LogP contribution in [-0.2, 0) is 27.1 Å². The van der Waals surface area contributed by atoms with Crippen molar-refractivity contribution in [2.45, 2.75) is 28.9 Å². The van der Waals surface area contributed by atoms with Gasteiger partial charge in [-0.15, -0.1) is 0 Å². The molecule has 45 heavy (non-hydrogen) atoms. The Balaban J connectivity index is 1.37. The van der Waals surface area contributed by atoms with Crippen LogP contribution >= 0.6 is 23.1 Å². The monoisotopic (exact) mass is 655 g/mol. The van der Waals surface area contributed by atoms with Crippen LogP contribution in [0.2, 0.25) is 0 Å². The van der Waals surface area contributed by atoms with Gasteiger partial charge in [-0.2, -0.15) is 13.2 Å². The van der Waals surface area contributed by atoms with Gasteiger partial charge in [0, 0.05) is 16.5 Å². The number of nitrogens with zero attached hydrogens (tertiary/aromatic N) is 2. The van der Waals surface area contributed by atoms with Crippen LogP contribution < -0.4 is 24.6 Å². The highest BCUT2D eigenvalue weighted by Crippen LogP contribution is 2.54. The highest BCUT2D eigenvalue weighted by Gasteiger charge is 2.56. The zero-order valence-corrected chi connectivity index (χ0v) is 25.3. The number of thioether (sulfide) groups is 1. The second-order valence-corrected chi connectivity index (χ2v) is 12.4. The summed E-state index contributed by atoms with van der Waals surface area (Å²) < 4.78 is 51.2. The second kappa shape index (κ2) is 11.7. The number of nitrogens with one attached hydrogen (secondary N) is 1. The molecule has 0 saturated carbocycles. The number of aromatic nitrogens is 1. The molecule has 1 N–H and O–H groups in total. The predicted octanol–water partition coefficient (Wildman–Crippen LogP) is 5.38. The minimum Gasteiger partial charge on any atom is -0.497 e. The summed E-state index contributed by atoms with van der Waals surface area (Å²) in [4.78, 5) is 55.4. The molecule has 3 aromatic carbocycles. The van der Waals surface area contributed by atoms with Crippen molar-refractivity contribution < 1.29 is 37.0 Å². The number of imide groups is 1. The number of hydrogen-bond donors (Lipinski definition) is 1. The average Bonchev–Trinajstić information content (AvgIpc) is 3.47. The fourth-order valence-electron chi connectivity index (χ4n) is 5.53. The average molecular weight is 656 g/mol. The van der Waals surface area contributed by atoms with E-state index in [1.165, 1.54) is 30.9 Å². The number of rotatable bonds is 7. The number of amides is 3. The van der Waals surface area contributed by atoms with Gasteiger partial charge in [0.1, 0.15) is 23.3 Å². The Labute approximate surface area is 262 Å². The number of benzene rings is 3. The Bertz CT molecular complexity index is 1850. The van der Waals surface area contributed by atoms with Crippen LogP contribution in [0.5, 0.6) is 11.5 Å². The number of carbonyl (C=O) groups excluding carboxylic acids is 3. The van der Waals surface area contributed by atoms with Crippen molar-refractivity contribution in [3.05, 3.63) is 98.5 Å². The van der Waals surface area contributed by atoms with E-state index in [-0.39, 0.29) is 5.69 Å². The lowest BCUT2D eigenvalue weighted by Gasteiger charge is -2.30. The van der Waals surface area contributed by atoms with E-state index in [4.69, 9.17) is 9.47 Å². The SMILES string of the molecule is COc1ccc([C@H]2c3sc(=O)n(CC(=O)Nc4cccc(C(F)(F)F)c4)c3SC3C(=O)N(c4ccc(OC)cc4)C(=O)C32)cc1. The zero-order chi connectivity index (χ0) is 32.0. The number of fused-ring (bicyclic) bond motifs is 2. The third-order valence-electron chi connectivity index (χ3n) is 7.63. The number of alkyl halides is 3. The Kier molecular flexibility index (Phi) is 7.95. The number of methoxy groups -OCH3 is 2. The standard InChI is InChI=1S/C31H24F3N3O6S2/c1-42-20-10-6-16(7-11-20)23-24-25(28(40)37(27(24)39)19-8-12-21(43-2)13-9-19)44-29-26(23)45-30(41)36(29)15-22(38)35-18-5-3-4-17(14-18)31(32,33)34/h3-14,23-25H,15H2,1-2H3,(H,35,38)/t23-,24?,25?/m1/s1. The third kappa shape index (κ3) is 5.59. The molecule has 14 heteroatoms. The molecule has 232 valence electrons. The summed E-state index contributed by atoms with van der Waals surface area (Å²) in [5, 5.41) is 1.87. The molecule has 4 aromatic rings. The van der Waals surface area contributed by atoms with Crippen molar-refractivity contribution in [3.8, 4) is 11.5 Å². The van der Waals surface area contributed by atoms with Crippen molar-refractivity contribution in [3.63, 3.8) is 0 Å². The Morgan fingerprint density at radius 2 is 1.56 bits per heavy atom. The summed E-state index contributed by atoms with van der Waals surface area (Å²) in [7, 11) is 3.02. The third-order valence-corrected chi connectivity index (χ3v) is 10.2. The van der Waals surface area contributed by atoms with Crippen LogP contribution in [-0.4, -0.2) is 41.8 Å². The van der Waals surface area contributed by atoms with Crippen molar-refractivity contribution in [2.75, 3.05) is 24.4 Å². The predicted molar refractivity (Wildman–Crippen MR) is 162 cm³/mol. The summed E-state index contributed by atoms with van der Waals surface area (Å²) in [6, 6.07) is 17.7. The van der Waals surface area contributed by atoms with E-state index >= 15 is 0 Å². The molecule has 2 aliphatic rings. The molecule has 1 aromatic heterocycles. The Morgan fingerprint density at radius 1 is 0.911 bits per heavy atom. The number of halogens is 3. The van der Waals surface area contributed by atoms with E-state index in [1.807, 2.05) is 0 Å². The summed E-state index contributed by atoms with van der Waals surface area (Å²) >= 11 is 1.90. The van der Waals surface area contributed by atoms with E-state index in [2.05, 4.69) is 5.32 Å². The second-order valence-electron chi connectivity index (χ2n) is 10.3. The van der Waals surface area contributed by atoms with Gasteiger partial charge in [0.25, 0.3) is 0 Å². The number of ether oxygens (including phenoxy) is 2. The maximum Gasteiger partial charge on any atom is 0.416 e. The molecule has 9 nitrogen and oxygen atoms in total. The molecule has 3 amide bonds. The normalized spacial score (nSPS) is 19.2. The molecule has 6 rings (SSSR count). The molecule has 0 radical (unpaired) electrons. The lowest BCUT2D eigenvalue weighted by molar-refractivity contribution is -0.137. The van der Waals surface area contributed by atoms with E-state index in [0.29, 0.717) is 32.7 Å². The smallest absolute Gasteiger partial charge is 0.416 e. The summed E-state index contributed by atoms with van der Waals surface area (Å²) in [5.74, 6) is -2.04. The maximum atomic E-state index is 14.0. The molecule has 3 atom stereocenters. The molecule has 1 saturated heterocycles. The minimum atomic E-state index is -4.60. The van der Waals surface area contributed by atoms with E-state index in [9.17, 15) is 32.3 Å². The lowest BCUT2D eigenvalue weighted by Crippen LogP contribution is -2.33. The van der Waals surface area contributed by atoms with E-state index in [1.54, 1.807) is 48.5 Å². The lowest BCUT2D eigenvalue weighted by atomic mass is 9.83. The first-order valence-corrected chi connectivity index (χ1v) is 15.2. The summed E-state index contributed by atoms with van der Waals surface area (Å²) in [6.45, 7) is -0.509. The first-order valence-electron chi connectivity index (χ1n) is 13.5. The van der Waals surface area contributed by atoms with Crippen LogP contribution in [0.25, 0.3) is 0 Å². The van der Waals surface area contributed by atoms with Crippen LogP contribution in [0.15, 0.2) is 82.6 Å². The first kappa shape index (κ1) is 30.5. The van der Waals surface area contributed by atoms with E-state index < -0.39 is 58.0 Å². The molecular weight excluding hydrogens is 631 g/mol. The van der Waals surface area contributed by atoms with Gasteiger partial charge in [-0.1, -0.05) is 41.3 Å². The topological polar surface area (TPSA) is 107 Å². The molecule has 2 unspecified atom stereocenters. The largest absolute Gasteiger partial charge is 0.497 e. The molecule has 2 aliphatic heterocycles. The fourth-order valence-corrected chi connectivity index (χ4v) is 8.30. The van der Waals surface area contributed by atoms with Gasteiger partial charge in [0.15, 0.2) is 0 Å². The van der Waals surface area contributed by atoms with Crippen molar-refractivity contribution in [1.82, 2.24) is 4.57 Å². The maximum absolute atomic E-state index is 14.0. The zero-order valence-electron chi connectivity index (χ0n) is 23.7. The Hall–Kier alpha value is -4.56. The van der Waals surface area contributed by atoms with Crippen LogP contribution in [0, 0.1) is 5.92 Å². The Morgan fingerprint density at radius 3 is 2.18 bits per heavy atom. The van der Waals surface area contributed by atoms with Crippen molar-refractivity contribution in [1.29, 1.82) is 0 Å². The van der Waals surface area contributed by atoms with E-state index in [0.717, 1.165) is 40.1 Å². The number of thiazole rings is 1. The number of anilines is 2. The van der Waals surface area contributed by atoms with Crippen LogP contribution in [0.4, 0.5) is 24.5 Å². The summed E-state index contributed by atoms with van der Waals surface area (Å²) in [6.07, 6.45) is -4.60. The molecular formula is C31H24F3N3O6S2. The van der Waals surface area contributed by atoms with Gasteiger partial charge in [-0.3, -0.25) is 23.7 Å². The molecule has 0 spiro atoms. The first-order chi connectivity index (χ1) is 21.5. The van der Waals surface area contributed by atoms with Gasteiger partial charge in [-0.05, 0) is 60.2 Å². The number of hydrogen-bond acceptors (Lipinski definition) is 8. The van der Waals surface area contributed by atoms with Crippen molar-refractivity contribution >= 4 is 52.2 Å². The fraction of sp³-hybridized carbons (Fsp3) is 0.226. The molecule has 0 bridgehead atoms. The van der Waals surface area contributed by atoms with Gasteiger partial charge in [0.2, 0.25) is 17.7 Å². The van der Waals surface area contributed by atoms with Gasteiger partial charge in [0.05, 0.1) is 36.4 Å². The van der Waals surface area contributed by atoms with Crippen LogP contribution in [0.1, 0.15) is 21.9 Å². The van der Waals surface area contributed by atoms with Crippen molar-refractivity contribution in [2.24, 2.45) is 5.92 Å². The molecule has 0 aliphatic carbocycles. The van der Waals surface area contributed by atoms with Gasteiger partial charge >= 0.3 is 11.0 Å². The van der Waals surface area contributed by atoms with Gasteiger partial charge < -0.3 is 14.8 Å². The highest BCUT2D eigenvalue weighted by molar-refractivity contribution is 8.00. The number of carbonyl (C=O) groups is 3. The molecule has 1 fully saturated rings. The minimum absolute atomic E-state index is 0.0810.